The Morgan fingerprint density at radius 3 is 2.66 bits per heavy atom. The van der Waals surface area contributed by atoms with Gasteiger partial charge >= 0.3 is 0 Å². The van der Waals surface area contributed by atoms with E-state index >= 15 is 0 Å². The summed E-state index contributed by atoms with van der Waals surface area (Å²) in [5.74, 6) is -0.0783. The second kappa shape index (κ2) is 8.58. The Bertz CT molecular complexity index is 1290. The molecule has 0 aliphatic carbocycles. The molecule has 0 radical (unpaired) electrons. The quantitative estimate of drug-likeness (QED) is 0.440. The topological polar surface area (TPSA) is 133 Å². The molecule has 4 rings (SSSR count). The number of oxazole rings is 1. The molecular weight excluding hydrogens is 410 g/mol. The number of aromatic nitrogens is 5. The number of nitrogen functional groups attached to an aromatic ring is 1. The van der Waals surface area contributed by atoms with Crippen molar-refractivity contribution in [2.75, 3.05) is 19.8 Å². The van der Waals surface area contributed by atoms with Gasteiger partial charge in [-0.1, -0.05) is 0 Å². The zero-order valence-electron chi connectivity index (χ0n) is 18.1. The van der Waals surface area contributed by atoms with Crippen molar-refractivity contribution in [3.63, 3.8) is 0 Å². The van der Waals surface area contributed by atoms with Crippen LogP contribution in [0.5, 0.6) is 0 Å². The first-order valence-corrected chi connectivity index (χ1v) is 10.1. The van der Waals surface area contributed by atoms with Crippen molar-refractivity contribution in [3.05, 3.63) is 48.4 Å². The summed E-state index contributed by atoms with van der Waals surface area (Å²) in [4.78, 5) is 43.7. The summed E-state index contributed by atoms with van der Waals surface area (Å²) in [7, 11) is 3.36. The summed E-state index contributed by atoms with van der Waals surface area (Å²) in [6, 6.07) is 3.70. The molecule has 0 fully saturated rings. The molecule has 4 aromatic rings. The van der Waals surface area contributed by atoms with Crippen LogP contribution in [0, 0.1) is 6.92 Å². The Kier molecular flexibility index (Phi) is 5.67. The molecule has 1 amide bonds. The predicted octanol–water partition coefficient (Wildman–Crippen LogP) is 2.78. The van der Waals surface area contributed by atoms with E-state index in [1.807, 2.05) is 29.7 Å². The van der Waals surface area contributed by atoms with Gasteiger partial charge in [0.2, 0.25) is 11.8 Å². The van der Waals surface area contributed by atoms with Gasteiger partial charge in [0.05, 0.1) is 6.20 Å². The van der Waals surface area contributed by atoms with Gasteiger partial charge in [-0.25, -0.2) is 19.9 Å². The molecule has 0 aromatic carbocycles. The van der Waals surface area contributed by atoms with Crippen LogP contribution in [-0.4, -0.2) is 55.0 Å². The number of nitrogens with zero attached hydrogens (tertiary/aromatic N) is 6. The number of rotatable bonds is 7. The average Bonchev–Trinajstić information content (AvgIpc) is 3.43. The van der Waals surface area contributed by atoms with E-state index in [1.165, 1.54) is 17.4 Å². The van der Waals surface area contributed by atoms with E-state index in [9.17, 15) is 9.59 Å². The van der Waals surface area contributed by atoms with Gasteiger partial charge in [-0.05, 0) is 25.5 Å². The fourth-order valence-electron chi connectivity index (χ4n) is 3.33. The van der Waals surface area contributed by atoms with Gasteiger partial charge in [-0.15, -0.1) is 0 Å². The fourth-order valence-corrected chi connectivity index (χ4v) is 3.33. The molecule has 2 N–H and O–H groups in total. The number of amides is 1. The van der Waals surface area contributed by atoms with Crippen molar-refractivity contribution in [2.45, 2.75) is 26.2 Å². The van der Waals surface area contributed by atoms with Crippen molar-refractivity contribution < 1.29 is 14.0 Å². The lowest BCUT2D eigenvalue weighted by Gasteiger charge is -2.12. The van der Waals surface area contributed by atoms with E-state index < -0.39 is 0 Å². The Morgan fingerprint density at radius 2 is 1.94 bits per heavy atom. The minimum absolute atomic E-state index is 0.00854. The van der Waals surface area contributed by atoms with Gasteiger partial charge in [-0.2, -0.15) is 0 Å². The zero-order valence-corrected chi connectivity index (χ0v) is 18.1. The van der Waals surface area contributed by atoms with Gasteiger partial charge in [0, 0.05) is 50.6 Å². The number of carbonyl (C=O) groups is 2. The number of aryl methyl sites for hydroxylation is 1. The molecule has 10 heteroatoms. The molecule has 32 heavy (non-hydrogen) atoms. The number of imidazole rings is 1. The molecule has 0 bridgehead atoms. The summed E-state index contributed by atoms with van der Waals surface area (Å²) in [5, 5.41) is 0. The zero-order chi connectivity index (χ0) is 22.8. The van der Waals surface area contributed by atoms with Crippen LogP contribution in [0.1, 0.15) is 35.4 Å². The van der Waals surface area contributed by atoms with Crippen molar-refractivity contribution in [2.24, 2.45) is 0 Å². The molecule has 0 aliphatic heterocycles. The monoisotopic (exact) mass is 433 g/mol. The minimum atomic E-state index is -0.276. The predicted molar refractivity (Wildman–Crippen MR) is 118 cm³/mol. The van der Waals surface area contributed by atoms with Gasteiger partial charge in [0.15, 0.2) is 17.3 Å². The largest absolute Gasteiger partial charge is 0.443 e. The van der Waals surface area contributed by atoms with Crippen LogP contribution in [0.3, 0.4) is 0 Å². The first-order chi connectivity index (χ1) is 15.3. The van der Waals surface area contributed by atoms with Crippen molar-refractivity contribution in [1.82, 2.24) is 29.2 Å². The smallest absolute Gasteiger partial charge is 0.247 e. The third-order valence-corrected chi connectivity index (χ3v) is 5.08. The molecule has 0 aliphatic rings. The molecule has 4 aromatic heterocycles. The van der Waals surface area contributed by atoms with Crippen molar-refractivity contribution in [3.8, 4) is 22.8 Å². The van der Waals surface area contributed by atoms with E-state index in [1.54, 1.807) is 20.3 Å². The lowest BCUT2D eigenvalue weighted by atomic mass is 10.1. The Labute approximate surface area is 184 Å². The maximum Gasteiger partial charge on any atom is 0.247 e. The maximum atomic E-state index is 12.9. The van der Waals surface area contributed by atoms with Gasteiger partial charge in [-0.3, -0.25) is 9.59 Å². The lowest BCUT2D eigenvalue weighted by molar-refractivity contribution is -0.128. The van der Waals surface area contributed by atoms with Crippen LogP contribution in [0.15, 0.2) is 41.4 Å². The van der Waals surface area contributed by atoms with Crippen LogP contribution >= 0.6 is 0 Å². The standard InChI is InChI=1S/C22H23N7O3/c1-13-11-25-16-8-7-14(12-29(13)16)18-20(22-24-9-10-32-22)27-21(23)19(26-18)15(30)5-4-6-17(31)28(2)3/h7-12H,4-6H2,1-3H3,(H2,23,27). The normalized spacial score (nSPS) is 11.1. The molecule has 0 saturated heterocycles. The van der Waals surface area contributed by atoms with Crippen LogP contribution < -0.4 is 5.73 Å². The number of fused-ring (bicyclic) bond motifs is 1. The van der Waals surface area contributed by atoms with Crippen LogP contribution in [0.2, 0.25) is 0 Å². The maximum absolute atomic E-state index is 12.9. The molecule has 164 valence electrons. The third kappa shape index (κ3) is 4.07. The van der Waals surface area contributed by atoms with E-state index in [0.717, 1.165) is 11.3 Å². The molecule has 0 unspecified atom stereocenters. The van der Waals surface area contributed by atoms with Crippen molar-refractivity contribution >= 4 is 23.2 Å². The molecular formula is C22H23N7O3. The van der Waals surface area contributed by atoms with Crippen molar-refractivity contribution in [1.29, 1.82) is 0 Å². The summed E-state index contributed by atoms with van der Waals surface area (Å²) in [6.07, 6.45) is 7.37. The Balaban J connectivity index is 1.74. The first kappa shape index (κ1) is 21.2. The molecule has 10 nitrogen and oxygen atoms in total. The highest BCUT2D eigenvalue weighted by Crippen LogP contribution is 2.31. The van der Waals surface area contributed by atoms with Gasteiger partial charge in [0.1, 0.15) is 23.3 Å². The van der Waals surface area contributed by atoms with Crippen LogP contribution in [0.25, 0.3) is 28.5 Å². The SMILES string of the molecule is Cc1cnc2ccc(-c3nc(C(=O)CCCC(=O)N(C)C)c(N)nc3-c3ncco3)cn12. The molecule has 0 spiro atoms. The lowest BCUT2D eigenvalue weighted by Crippen LogP contribution is -2.21. The number of nitrogens with two attached hydrogens (primary N) is 1. The van der Waals surface area contributed by atoms with Gasteiger partial charge in [0.25, 0.3) is 0 Å². The second-order valence-electron chi connectivity index (χ2n) is 7.60. The number of hydrogen-bond acceptors (Lipinski definition) is 8. The summed E-state index contributed by atoms with van der Waals surface area (Å²) >= 11 is 0. The highest BCUT2D eigenvalue weighted by atomic mass is 16.3. The summed E-state index contributed by atoms with van der Waals surface area (Å²) in [5.41, 5.74) is 9.36. The molecule has 4 heterocycles. The highest BCUT2D eigenvalue weighted by molar-refractivity contribution is 5.99. The Hall–Kier alpha value is -4.08. The Morgan fingerprint density at radius 1 is 1.12 bits per heavy atom. The van der Waals surface area contributed by atoms with Gasteiger partial charge < -0.3 is 19.5 Å². The number of ketones is 1. The highest BCUT2D eigenvalue weighted by Gasteiger charge is 2.22. The van der Waals surface area contributed by atoms with E-state index in [4.69, 9.17) is 10.2 Å². The number of Topliss-reactive ketones (excluding diaryl/α,β-unsaturated/α-hetero) is 1. The van der Waals surface area contributed by atoms with Crippen LogP contribution in [-0.2, 0) is 4.79 Å². The average molecular weight is 433 g/mol. The van der Waals surface area contributed by atoms with E-state index in [2.05, 4.69) is 19.9 Å². The number of carbonyl (C=O) groups excluding carboxylic acids is 2. The number of hydrogen-bond donors (Lipinski definition) is 1. The first-order valence-electron chi connectivity index (χ1n) is 10.1. The second-order valence-corrected chi connectivity index (χ2v) is 7.60. The summed E-state index contributed by atoms with van der Waals surface area (Å²) in [6.45, 7) is 1.94. The minimum Gasteiger partial charge on any atom is -0.443 e. The third-order valence-electron chi connectivity index (χ3n) is 5.08. The van der Waals surface area contributed by atoms with E-state index in [-0.39, 0.29) is 41.9 Å². The van der Waals surface area contributed by atoms with E-state index in [0.29, 0.717) is 23.4 Å². The van der Waals surface area contributed by atoms with Crippen LogP contribution in [0.4, 0.5) is 5.82 Å². The fraction of sp³-hybridized carbons (Fsp3) is 0.273. The number of pyridine rings is 1. The molecule has 0 atom stereocenters. The number of anilines is 1. The summed E-state index contributed by atoms with van der Waals surface area (Å²) < 4.78 is 7.35. The molecule has 0 saturated carbocycles.